The lowest BCUT2D eigenvalue weighted by atomic mass is 10.1. The second-order valence-electron chi connectivity index (χ2n) is 3.13. The van der Waals surface area contributed by atoms with Crippen LogP contribution in [0.5, 0.6) is 0 Å². The zero-order chi connectivity index (χ0) is 10.4. The van der Waals surface area contributed by atoms with Crippen molar-refractivity contribution in [3.8, 4) is 0 Å². The minimum absolute atomic E-state index is 0.0326. The first-order chi connectivity index (χ1) is 6.08. The first-order valence-electron chi connectivity index (χ1n) is 4.41. The molecule has 0 aromatic rings. The van der Waals surface area contributed by atoms with E-state index in [4.69, 9.17) is 10.9 Å². The lowest BCUT2D eigenvalue weighted by Gasteiger charge is -2.29. The molecule has 0 saturated carbocycles. The van der Waals surface area contributed by atoms with Crippen LogP contribution in [0, 0.1) is 0 Å². The predicted octanol–water partition coefficient (Wildman–Crippen LogP) is -0.932. The van der Waals surface area contributed by atoms with Gasteiger partial charge in [-0.1, -0.05) is 6.92 Å². The first kappa shape index (κ1) is 12.3. The molecule has 2 unspecified atom stereocenters. The maximum Gasteiger partial charge on any atom is 0.251 e. The summed E-state index contributed by atoms with van der Waals surface area (Å²) in [5.74, 6) is 4.82. The van der Waals surface area contributed by atoms with Crippen molar-refractivity contribution in [2.45, 2.75) is 32.4 Å². The molecule has 78 valence electrons. The number of carbonyl (C=O) groups is 1. The summed E-state index contributed by atoms with van der Waals surface area (Å²) < 4.78 is 0. The van der Waals surface area contributed by atoms with Crippen LogP contribution in [0.1, 0.15) is 20.3 Å². The fourth-order valence-electron chi connectivity index (χ4n) is 1.19. The summed E-state index contributed by atoms with van der Waals surface area (Å²) in [4.78, 5) is 13.1. The van der Waals surface area contributed by atoms with E-state index in [1.165, 1.54) is 0 Å². The molecule has 0 fully saturated rings. The van der Waals surface area contributed by atoms with E-state index in [1.807, 2.05) is 18.7 Å². The molecule has 2 atom stereocenters. The maximum atomic E-state index is 11.2. The van der Waals surface area contributed by atoms with Crippen molar-refractivity contribution in [2.24, 2.45) is 5.84 Å². The number of nitrogens with one attached hydrogen (secondary N) is 1. The highest BCUT2D eigenvalue weighted by molar-refractivity contribution is 5.81. The smallest absolute Gasteiger partial charge is 0.251 e. The topological polar surface area (TPSA) is 78.6 Å². The molecule has 0 rings (SSSR count). The van der Waals surface area contributed by atoms with Crippen molar-refractivity contribution in [1.82, 2.24) is 10.3 Å². The molecule has 0 saturated heterocycles. The van der Waals surface area contributed by atoms with Gasteiger partial charge in [-0.2, -0.15) is 0 Å². The van der Waals surface area contributed by atoms with Crippen LogP contribution in [0.15, 0.2) is 0 Å². The number of hydrogen-bond acceptors (Lipinski definition) is 4. The molecule has 0 aliphatic carbocycles. The van der Waals surface area contributed by atoms with Gasteiger partial charge >= 0.3 is 0 Å². The molecule has 5 nitrogen and oxygen atoms in total. The maximum absolute atomic E-state index is 11.2. The van der Waals surface area contributed by atoms with E-state index in [1.54, 1.807) is 7.05 Å². The lowest BCUT2D eigenvalue weighted by molar-refractivity contribution is -0.127. The summed E-state index contributed by atoms with van der Waals surface area (Å²) in [6, 6.07) is -0.311. The third kappa shape index (κ3) is 3.30. The largest absolute Gasteiger partial charge is 0.395 e. The zero-order valence-corrected chi connectivity index (χ0v) is 8.45. The number of aliphatic hydroxyl groups excluding tert-OH is 1. The minimum atomic E-state index is -0.271. The fraction of sp³-hybridized carbons (Fsp3) is 0.875. The summed E-state index contributed by atoms with van der Waals surface area (Å²) in [5, 5.41) is 8.90. The second kappa shape index (κ2) is 5.90. The van der Waals surface area contributed by atoms with Gasteiger partial charge in [-0.25, -0.2) is 5.84 Å². The van der Waals surface area contributed by atoms with Crippen LogP contribution in [0.3, 0.4) is 0 Å². The first-order valence-corrected chi connectivity index (χ1v) is 4.41. The molecule has 0 aromatic carbocycles. The SMILES string of the molecule is CCC(C(=O)NN)N(C)C(C)CO. The molecule has 13 heavy (non-hydrogen) atoms. The average molecular weight is 189 g/mol. The van der Waals surface area contributed by atoms with E-state index in [-0.39, 0.29) is 24.6 Å². The van der Waals surface area contributed by atoms with Gasteiger partial charge < -0.3 is 5.11 Å². The molecule has 0 bridgehead atoms. The van der Waals surface area contributed by atoms with Crippen molar-refractivity contribution in [3.63, 3.8) is 0 Å². The molecule has 0 aliphatic rings. The molecule has 0 heterocycles. The molecule has 0 radical (unpaired) electrons. The van der Waals surface area contributed by atoms with Crippen molar-refractivity contribution < 1.29 is 9.90 Å². The number of nitrogens with zero attached hydrogens (tertiary/aromatic N) is 1. The number of aliphatic hydroxyl groups is 1. The van der Waals surface area contributed by atoms with Crippen LogP contribution >= 0.6 is 0 Å². The van der Waals surface area contributed by atoms with Crippen molar-refractivity contribution in [3.05, 3.63) is 0 Å². The van der Waals surface area contributed by atoms with Crippen LogP contribution in [-0.4, -0.2) is 41.7 Å². The number of amides is 1. The molecule has 0 aromatic heterocycles. The zero-order valence-electron chi connectivity index (χ0n) is 8.45. The number of nitrogens with two attached hydrogens (primary N) is 1. The third-order valence-electron chi connectivity index (χ3n) is 2.28. The van der Waals surface area contributed by atoms with Gasteiger partial charge in [0.1, 0.15) is 0 Å². The van der Waals surface area contributed by atoms with Gasteiger partial charge in [0.2, 0.25) is 0 Å². The number of hydrogen-bond donors (Lipinski definition) is 3. The average Bonchev–Trinajstić information content (AvgIpc) is 2.17. The molecule has 0 spiro atoms. The van der Waals surface area contributed by atoms with Crippen molar-refractivity contribution >= 4 is 5.91 Å². The standard InChI is InChI=1S/C8H19N3O2/c1-4-7(8(13)10-9)11(3)6(2)5-12/h6-7,12H,4-5,9H2,1-3H3,(H,10,13). The molecule has 1 amide bonds. The fourth-order valence-corrected chi connectivity index (χ4v) is 1.19. The molecular formula is C8H19N3O2. The summed E-state index contributed by atoms with van der Waals surface area (Å²) >= 11 is 0. The monoisotopic (exact) mass is 189 g/mol. The Bertz CT molecular complexity index is 163. The number of carbonyl (C=O) groups excluding carboxylic acids is 1. The Hall–Kier alpha value is -0.650. The van der Waals surface area contributed by atoms with E-state index in [0.717, 1.165) is 0 Å². The van der Waals surface area contributed by atoms with Gasteiger partial charge in [0, 0.05) is 6.04 Å². The normalized spacial score (nSPS) is 15.5. The summed E-state index contributed by atoms with van der Waals surface area (Å²) in [6.45, 7) is 3.79. The van der Waals surface area contributed by atoms with E-state index >= 15 is 0 Å². The Morgan fingerprint density at radius 1 is 1.69 bits per heavy atom. The minimum Gasteiger partial charge on any atom is -0.395 e. The van der Waals surface area contributed by atoms with Gasteiger partial charge in [-0.05, 0) is 20.4 Å². The molecular weight excluding hydrogens is 170 g/mol. The van der Waals surface area contributed by atoms with E-state index < -0.39 is 0 Å². The number of likely N-dealkylation sites (N-methyl/N-ethyl adjacent to an activating group) is 1. The predicted molar refractivity (Wildman–Crippen MR) is 50.7 cm³/mol. The van der Waals surface area contributed by atoms with Crippen LogP contribution in [0.2, 0.25) is 0 Å². The Morgan fingerprint density at radius 3 is 2.54 bits per heavy atom. The van der Waals surface area contributed by atoms with Gasteiger partial charge in [0.25, 0.3) is 5.91 Å². The highest BCUT2D eigenvalue weighted by Crippen LogP contribution is 2.05. The second-order valence-corrected chi connectivity index (χ2v) is 3.13. The van der Waals surface area contributed by atoms with Crippen LogP contribution in [0.4, 0.5) is 0 Å². The number of hydrazine groups is 1. The van der Waals surface area contributed by atoms with E-state index in [9.17, 15) is 4.79 Å². The highest BCUT2D eigenvalue weighted by atomic mass is 16.3. The summed E-state index contributed by atoms with van der Waals surface area (Å²) in [7, 11) is 1.80. The Morgan fingerprint density at radius 2 is 2.23 bits per heavy atom. The molecule has 0 aliphatic heterocycles. The lowest BCUT2D eigenvalue weighted by Crippen LogP contribution is -2.50. The quantitative estimate of drug-likeness (QED) is 0.296. The van der Waals surface area contributed by atoms with Gasteiger partial charge in [0.15, 0.2) is 0 Å². The van der Waals surface area contributed by atoms with E-state index in [2.05, 4.69) is 5.43 Å². The van der Waals surface area contributed by atoms with Crippen LogP contribution in [-0.2, 0) is 4.79 Å². The molecule has 4 N–H and O–H groups in total. The Balaban J connectivity index is 4.30. The number of rotatable bonds is 5. The van der Waals surface area contributed by atoms with Gasteiger partial charge in [0.05, 0.1) is 12.6 Å². The molecule has 5 heteroatoms. The summed E-state index contributed by atoms with van der Waals surface area (Å²) in [6.07, 6.45) is 0.671. The van der Waals surface area contributed by atoms with Crippen molar-refractivity contribution in [1.29, 1.82) is 0 Å². The van der Waals surface area contributed by atoms with Gasteiger partial charge in [-0.15, -0.1) is 0 Å². The Kier molecular flexibility index (Phi) is 5.61. The van der Waals surface area contributed by atoms with Crippen LogP contribution < -0.4 is 11.3 Å². The van der Waals surface area contributed by atoms with Gasteiger partial charge in [-0.3, -0.25) is 15.1 Å². The Labute approximate surface area is 78.9 Å². The highest BCUT2D eigenvalue weighted by Gasteiger charge is 2.23. The summed E-state index contributed by atoms with van der Waals surface area (Å²) in [5.41, 5.74) is 2.11. The third-order valence-corrected chi connectivity index (χ3v) is 2.28. The van der Waals surface area contributed by atoms with E-state index in [0.29, 0.717) is 6.42 Å². The van der Waals surface area contributed by atoms with Crippen LogP contribution in [0.25, 0.3) is 0 Å². The van der Waals surface area contributed by atoms with Crippen molar-refractivity contribution in [2.75, 3.05) is 13.7 Å².